The van der Waals surface area contributed by atoms with Gasteiger partial charge in [0.2, 0.25) is 17.7 Å². The molecule has 9 nitrogen and oxygen atoms in total. The van der Waals surface area contributed by atoms with Crippen LogP contribution in [-0.2, 0) is 19.2 Å². The number of aliphatic carboxylic acids is 1. The van der Waals surface area contributed by atoms with E-state index < -0.39 is 36.3 Å². The van der Waals surface area contributed by atoms with Crippen LogP contribution in [0, 0.1) is 0 Å². The second-order valence-corrected chi connectivity index (χ2v) is 4.17. The summed E-state index contributed by atoms with van der Waals surface area (Å²) >= 11 is 0. The fraction of sp³-hybridized carbons (Fsp3) is 0.636. The Morgan fingerprint density at radius 1 is 1.25 bits per heavy atom. The highest BCUT2D eigenvalue weighted by molar-refractivity contribution is 5.90. The van der Waals surface area contributed by atoms with E-state index in [0.29, 0.717) is 6.54 Å². The first kappa shape index (κ1) is 17.8. The second-order valence-electron chi connectivity index (χ2n) is 4.17. The number of nitrogens with one attached hydrogen (secondary N) is 2. The number of carbonyl (C=O) groups excluding carboxylic acids is 3. The standard InChI is InChI=1S/C11H20N4O5/c1-2-14-9(17)4-3-6(12)10(18)15-7(11(19)20)5-8(13)16/h6-7H,2-5,12H2,1H3,(H2,13,16)(H,14,17)(H,15,18)(H,19,20)/t6-,7-/m0/s1. The van der Waals surface area contributed by atoms with Crippen LogP contribution in [0.5, 0.6) is 0 Å². The molecule has 0 aliphatic carbocycles. The van der Waals surface area contributed by atoms with E-state index in [9.17, 15) is 19.2 Å². The van der Waals surface area contributed by atoms with Gasteiger partial charge in [0.05, 0.1) is 12.5 Å². The van der Waals surface area contributed by atoms with Crippen LogP contribution >= 0.6 is 0 Å². The lowest BCUT2D eigenvalue weighted by Gasteiger charge is -2.16. The summed E-state index contributed by atoms with van der Waals surface area (Å²) in [6.07, 6.45) is -0.402. The highest BCUT2D eigenvalue weighted by Gasteiger charge is 2.25. The number of nitrogens with two attached hydrogens (primary N) is 2. The Morgan fingerprint density at radius 3 is 2.30 bits per heavy atom. The summed E-state index contributed by atoms with van der Waals surface area (Å²) in [5.74, 6) is -3.23. The Bertz CT molecular complexity index is 385. The zero-order valence-corrected chi connectivity index (χ0v) is 11.2. The molecule has 9 heteroatoms. The third-order valence-corrected chi connectivity index (χ3v) is 2.41. The lowest BCUT2D eigenvalue weighted by molar-refractivity contribution is -0.143. The van der Waals surface area contributed by atoms with Gasteiger partial charge >= 0.3 is 5.97 Å². The van der Waals surface area contributed by atoms with Gasteiger partial charge < -0.3 is 27.2 Å². The molecule has 7 N–H and O–H groups in total. The lowest BCUT2D eigenvalue weighted by atomic mass is 10.1. The van der Waals surface area contributed by atoms with Crippen LogP contribution in [0.1, 0.15) is 26.2 Å². The van der Waals surface area contributed by atoms with Gasteiger partial charge in [-0.1, -0.05) is 0 Å². The maximum atomic E-state index is 11.6. The normalized spacial score (nSPS) is 13.1. The average molecular weight is 288 g/mol. The molecule has 0 heterocycles. The number of rotatable bonds is 9. The molecule has 114 valence electrons. The number of carboxylic acids is 1. The highest BCUT2D eigenvalue weighted by Crippen LogP contribution is 1.98. The Kier molecular flexibility index (Phi) is 7.90. The fourth-order valence-electron chi connectivity index (χ4n) is 1.38. The minimum Gasteiger partial charge on any atom is -0.480 e. The maximum absolute atomic E-state index is 11.6. The van der Waals surface area contributed by atoms with Crippen LogP contribution in [0.4, 0.5) is 0 Å². The van der Waals surface area contributed by atoms with Gasteiger partial charge in [0, 0.05) is 13.0 Å². The Labute approximate surface area is 116 Å². The number of carboxylic acid groups (broad SMARTS) is 1. The molecule has 0 saturated heterocycles. The Balaban J connectivity index is 4.31. The van der Waals surface area contributed by atoms with E-state index in [1.807, 2.05) is 0 Å². The molecular formula is C11H20N4O5. The minimum atomic E-state index is -1.42. The van der Waals surface area contributed by atoms with Gasteiger partial charge in [0.15, 0.2) is 0 Å². The topological polar surface area (TPSA) is 165 Å². The molecule has 0 bridgehead atoms. The number of hydrogen-bond donors (Lipinski definition) is 5. The SMILES string of the molecule is CCNC(=O)CC[C@H](N)C(=O)N[C@@H](CC(N)=O)C(=O)O. The van der Waals surface area contributed by atoms with Gasteiger partial charge in [-0.05, 0) is 13.3 Å². The van der Waals surface area contributed by atoms with E-state index in [0.717, 1.165) is 0 Å². The van der Waals surface area contributed by atoms with Gasteiger partial charge in [0.25, 0.3) is 0 Å². The van der Waals surface area contributed by atoms with Crippen molar-refractivity contribution in [3.8, 4) is 0 Å². The number of primary amides is 1. The van der Waals surface area contributed by atoms with Gasteiger partial charge in [-0.15, -0.1) is 0 Å². The highest BCUT2D eigenvalue weighted by atomic mass is 16.4. The number of carbonyl (C=O) groups is 4. The van der Waals surface area contributed by atoms with Crippen molar-refractivity contribution >= 4 is 23.7 Å². The third kappa shape index (κ3) is 7.31. The van der Waals surface area contributed by atoms with Crippen LogP contribution in [-0.4, -0.2) is 47.4 Å². The van der Waals surface area contributed by atoms with Crippen LogP contribution in [0.3, 0.4) is 0 Å². The van der Waals surface area contributed by atoms with E-state index in [1.165, 1.54) is 0 Å². The van der Waals surface area contributed by atoms with Crippen molar-refractivity contribution in [1.82, 2.24) is 10.6 Å². The van der Waals surface area contributed by atoms with E-state index in [-0.39, 0.29) is 18.7 Å². The number of amides is 3. The summed E-state index contributed by atoms with van der Waals surface area (Å²) in [5, 5.41) is 13.5. The summed E-state index contributed by atoms with van der Waals surface area (Å²) in [5.41, 5.74) is 10.4. The lowest BCUT2D eigenvalue weighted by Crippen LogP contribution is -2.49. The first-order valence-corrected chi connectivity index (χ1v) is 6.11. The smallest absolute Gasteiger partial charge is 0.326 e. The van der Waals surface area contributed by atoms with Crippen LogP contribution in [0.2, 0.25) is 0 Å². The molecule has 0 rings (SSSR count). The van der Waals surface area contributed by atoms with Crippen LogP contribution in [0.25, 0.3) is 0 Å². The molecule has 2 atom stereocenters. The van der Waals surface area contributed by atoms with Crippen molar-refractivity contribution in [1.29, 1.82) is 0 Å². The zero-order valence-electron chi connectivity index (χ0n) is 11.2. The molecule has 0 unspecified atom stereocenters. The van der Waals surface area contributed by atoms with E-state index in [4.69, 9.17) is 16.6 Å². The molecule has 0 aliphatic heterocycles. The Morgan fingerprint density at radius 2 is 1.85 bits per heavy atom. The minimum absolute atomic E-state index is 0.0516. The third-order valence-electron chi connectivity index (χ3n) is 2.41. The zero-order chi connectivity index (χ0) is 15.7. The van der Waals surface area contributed by atoms with Gasteiger partial charge in [-0.2, -0.15) is 0 Å². The molecule has 20 heavy (non-hydrogen) atoms. The van der Waals surface area contributed by atoms with Crippen molar-refractivity contribution < 1.29 is 24.3 Å². The van der Waals surface area contributed by atoms with E-state index in [2.05, 4.69) is 10.6 Å². The van der Waals surface area contributed by atoms with Crippen molar-refractivity contribution in [2.75, 3.05) is 6.54 Å². The maximum Gasteiger partial charge on any atom is 0.326 e. The summed E-state index contributed by atoms with van der Waals surface area (Å²) in [4.78, 5) is 44.3. The monoisotopic (exact) mass is 288 g/mol. The van der Waals surface area contributed by atoms with Crippen molar-refractivity contribution in [2.24, 2.45) is 11.5 Å². The fourth-order valence-corrected chi connectivity index (χ4v) is 1.38. The van der Waals surface area contributed by atoms with E-state index in [1.54, 1.807) is 6.92 Å². The summed E-state index contributed by atoms with van der Waals surface area (Å²) < 4.78 is 0. The molecule has 0 aromatic carbocycles. The van der Waals surface area contributed by atoms with Gasteiger partial charge in [0.1, 0.15) is 6.04 Å². The molecule has 0 aromatic rings. The summed E-state index contributed by atoms with van der Waals surface area (Å²) in [6.45, 7) is 2.23. The number of hydrogen-bond acceptors (Lipinski definition) is 5. The van der Waals surface area contributed by atoms with Gasteiger partial charge in [-0.3, -0.25) is 14.4 Å². The van der Waals surface area contributed by atoms with Crippen LogP contribution < -0.4 is 22.1 Å². The predicted octanol–water partition coefficient (Wildman–Crippen LogP) is -2.33. The summed E-state index contributed by atoms with van der Waals surface area (Å²) in [7, 11) is 0. The predicted molar refractivity (Wildman–Crippen MR) is 69.3 cm³/mol. The quantitative estimate of drug-likeness (QED) is 0.319. The largest absolute Gasteiger partial charge is 0.480 e. The average Bonchev–Trinajstić information content (AvgIpc) is 2.34. The first-order chi connectivity index (χ1) is 9.27. The molecule has 3 amide bonds. The molecule has 0 spiro atoms. The second kappa shape index (κ2) is 8.86. The molecule has 0 aromatic heterocycles. The first-order valence-electron chi connectivity index (χ1n) is 6.11. The van der Waals surface area contributed by atoms with Gasteiger partial charge in [-0.25, -0.2) is 4.79 Å². The van der Waals surface area contributed by atoms with Crippen molar-refractivity contribution in [3.63, 3.8) is 0 Å². The molecule has 0 fully saturated rings. The molecule has 0 saturated carbocycles. The molecular weight excluding hydrogens is 268 g/mol. The molecule has 0 radical (unpaired) electrons. The summed E-state index contributed by atoms with van der Waals surface area (Å²) in [6, 6.07) is -2.46. The molecule has 0 aliphatic rings. The van der Waals surface area contributed by atoms with E-state index >= 15 is 0 Å². The van der Waals surface area contributed by atoms with Crippen LogP contribution in [0.15, 0.2) is 0 Å². The van der Waals surface area contributed by atoms with Crippen molar-refractivity contribution in [3.05, 3.63) is 0 Å². The van der Waals surface area contributed by atoms with Crippen molar-refractivity contribution in [2.45, 2.75) is 38.3 Å². The Hall–Kier alpha value is -2.16.